The van der Waals surface area contributed by atoms with Crippen LogP contribution in [0.25, 0.3) is 0 Å². The molecule has 104 valence electrons. The van der Waals surface area contributed by atoms with Crippen LogP contribution in [0, 0.1) is 0 Å². The lowest BCUT2D eigenvalue weighted by Crippen LogP contribution is -2.45. The zero-order valence-corrected chi connectivity index (χ0v) is 11.2. The monoisotopic (exact) mass is 272 g/mol. The smallest absolute Gasteiger partial charge is 0.321 e. The second-order valence-corrected chi connectivity index (χ2v) is 5.12. The first kappa shape index (κ1) is 12.8. The van der Waals surface area contributed by atoms with E-state index in [2.05, 4.69) is 16.4 Å². The van der Waals surface area contributed by atoms with Crippen LogP contribution in [0.2, 0.25) is 0 Å². The number of benzene rings is 1. The minimum absolute atomic E-state index is 0.499. The molecule has 0 aliphatic carbocycles. The van der Waals surface area contributed by atoms with Crippen molar-refractivity contribution in [3.63, 3.8) is 0 Å². The molecule has 0 saturated carbocycles. The van der Waals surface area contributed by atoms with Gasteiger partial charge in [-0.25, -0.2) is 0 Å². The number of carboxylic acids is 1. The molecule has 0 fully saturated rings. The van der Waals surface area contributed by atoms with Crippen molar-refractivity contribution in [3.05, 3.63) is 47.3 Å². The summed E-state index contributed by atoms with van der Waals surface area (Å²) >= 11 is 0. The molecule has 3 rings (SSSR count). The highest BCUT2D eigenvalue weighted by atomic mass is 16.4. The van der Waals surface area contributed by atoms with Gasteiger partial charge in [0.1, 0.15) is 6.04 Å². The summed E-state index contributed by atoms with van der Waals surface area (Å²) in [5.41, 5.74) is 3.10. The highest BCUT2D eigenvalue weighted by Gasteiger charge is 2.31. The largest absolute Gasteiger partial charge is 0.480 e. The number of carbonyl (C=O) groups is 1. The maximum absolute atomic E-state index is 11.5. The Kier molecular flexibility index (Phi) is 3.23. The molecule has 0 spiro atoms. The molecule has 0 bridgehead atoms. The Bertz CT molecular complexity index is 638. The maximum atomic E-state index is 11.5. The first-order chi connectivity index (χ1) is 9.63. The average molecular weight is 272 g/mol. The molecule has 1 atom stereocenters. The first-order valence-corrected chi connectivity index (χ1v) is 6.52. The third-order valence-corrected chi connectivity index (χ3v) is 3.65. The van der Waals surface area contributed by atoms with Gasteiger partial charge in [-0.1, -0.05) is 29.5 Å². The van der Waals surface area contributed by atoms with Crippen molar-refractivity contribution in [3.8, 4) is 0 Å². The third-order valence-electron chi connectivity index (χ3n) is 3.65. The Morgan fingerprint density at radius 1 is 1.40 bits per heavy atom. The number of hydrogen-bond acceptors (Lipinski definition) is 4. The predicted molar refractivity (Wildman–Crippen MR) is 71.8 cm³/mol. The molecule has 0 amide bonds. The standard InChI is InChI=1S/C14H16N4O2/c1-17-8-12(15-16-17)9-18-7-11-5-3-2-4-10(11)6-13(18)14(19)20/h2-5,8,13H,6-7,9H2,1H3,(H,19,20). The summed E-state index contributed by atoms with van der Waals surface area (Å²) in [5.74, 6) is -0.789. The summed E-state index contributed by atoms with van der Waals surface area (Å²) in [6.07, 6.45) is 2.35. The first-order valence-electron chi connectivity index (χ1n) is 6.52. The van der Waals surface area contributed by atoms with Gasteiger partial charge in [0, 0.05) is 26.3 Å². The SMILES string of the molecule is Cn1cc(CN2Cc3ccccc3CC2C(=O)O)nn1. The van der Waals surface area contributed by atoms with Crippen molar-refractivity contribution < 1.29 is 9.90 Å². The number of hydrogen-bond donors (Lipinski definition) is 1. The molecule has 6 nitrogen and oxygen atoms in total. The second-order valence-electron chi connectivity index (χ2n) is 5.12. The molecule has 1 aliphatic rings. The van der Waals surface area contributed by atoms with Crippen LogP contribution in [0.15, 0.2) is 30.5 Å². The van der Waals surface area contributed by atoms with Crippen LogP contribution in [-0.2, 0) is 31.4 Å². The van der Waals surface area contributed by atoms with Crippen LogP contribution in [0.1, 0.15) is 16.8 Å². The van der Waals surface area contributed by atoms with Crippen LogP contribution >= 0.6 is 0 Å². The van der Waals surface area contributed by atoms with Crippen LogP contribution in [0.3, 0.4) is 0 Å². The highest BCUT2D eigenvalue weighted by molar-refractivity contribution is 5.74. The molecule has 20 heavy (non-hydrogen) atoms. The fourth-order valence-corrected chi connectivity index (χ4v) is 2.66. The molecule has 2 aromatic rings. The van der Waals surface area contributed by atoms with Crippen molar-refractivity contribution in [1.82, 2.24) is 19.9 Å². The predicted octanol–water partition coefficient (Wildman–Crippen LogP) is 0.827. The lowest BCUT2D eigenvalue weighted by atomic mass is 9.94. The molecule has 1 aromatic carbocycles. The molecular weight excluding hydrogens is 256 g/mol. The van der Waals surface area contributed by atoms with Gasteiger partial charge in [-0.2, -0.15) is 0 Å². The number of fused-ring (bicyclic) bond motifs is 1. The van der Waals surface area contributed by atoms with E-state index in [1.54, 1.807) is 11.7 Å². The fourth-order valence-electron chi connectivity index (χ4n) is 2.66. The summed E-state index contributed by atoms with van der Waals surface area (Å²) in [6, 6.07) is 7.49. The van der Waals surface area contributed by atoms with E-state index in [9.17, 15) is 9.90 Å². The Morgan fingerprint density at radius 2 is 2.15 bits per heavy atom. The highest BCUT2D eigenvalue weighted by Crippen LogP contribution is 2.24. The van der Waals surface area contributed by atoms with Crippen molar-refractivity contribution in [2.75, 3.05) is 0 Å². The number of nitrogens with zero attached hydrogens (tertiary/aromatic N) is 4. The van der Waals surface area contributed by atoms with Crippen molar-refractivity contribution in [2.45, 2.75) is 25.6 Å². The Morgan fingerprint density at radius 3 is 2.80 bits per heavy atom. The lowest BCUT2D eigenvalue weighted by molar-refractivity contribution is -0.144. The van der Waals surface area contributed by atoms with E-state index in [1.807, 2.05) is 29.3 Å². The van der Waals surface area contributed by atoms with Crippen LogP contribution in [0.5, 0.6) is 0 Å². The van der Waals surface area contributed by atoms with Gasteiger partial charge in [0.2, 0.25) is 0 Å². The fraction of sp³-hybridized carbons (Fsp3) is 0.357. The Balaban J connectivity index is 1.86. The van der Waals surface area contributed by atoms with E-state index in [-0.39, 0.29) is 0 Å². The lowest BCUT2D eigenvalue weighted by Gasteiger charge is -2.33. The molecule has 1 aliphatic heterocycles. The van der Waals surface area contributed by atoms with Crippen molar-refractivity contribution in [2.24, 2.45) is 7.05 Å². The number of aryl methyl sites for hydroxylation is 1. The topological polar surface area (TPSA) is 71.2 Å². The zero-order valence-electron chi connectivity index (χ0n) is 11.2. The summed E-state index contributed by atoms with van der Waals surface area (Å²) < 4.78 is 1.63. The molecular formula is C14H16N4O2. The van der Waals surface area contributed by atoms with Crippen LogP contribution < -0.4 is 0 Å². The number of aromatic nitrogens is 3. The summed E-state index contributed by atoms with van der Waals surface area (Å²) in [4.78, 5) is 13.4. The van der Waals surface area contributed by atoms with E-state index in [4.69, 9.17) is 0 Å². The van der Waals surface area contributed by atoms with Crippen molar-refractivity contribution in [1.29, 1.82) is 0 Å². The quantitative estimate of drug-likeness (QED) is 0.896. The molecule has 1 N–H and O–H groups in total. The van der Waals surface area contributed by atoms with Gasteiger partial charge < -0.3 is 5.11 Å². The van der Waals surface area contributed by atoms with Crippen LogP contribution in [-0.4, -0.2) is 37.0 Å². The maximum Gasteiger partial charge on any atom is 0.321 e. The van der Waals surface area contributed by atoms with E-state index in [0.29, 0.717) is 19.5 Å². The average Bonchev–Trinajstić information content (AvgIpc) is 2.83. The van der Waals surface area contributed by atoms with E-state index in [1.165, 1.54) is 5.56 Å². The molecule has 2 heterocycles. The number of carboxylic acid groups (broad SMARTS) is 1. The molecule has 6 heteroatoms. The van der Waals surface area contributed by atoms with Gasteiger partial charge in [-0.05, 0) is 17.5 Å². The summed E-state index contributed by atoms with van der Waals surface area (Å²) in [6.45, 7) is 1.13. The Labute approximate surface area is 116 Å². The normalized spacial score (nSPS) is 18.8. The van der Waals surface area contributed by atoms with Gasteiger partial charge in [0.05, 0.1) is 5.69 Å². The zero-order chi connectivity index (χ0) is 14.1. The van der Waals surface area contributed by atoms with E-state index < -0.39 is 12.0 Å². The van der Waals surface area contributed by atoms with Gasteiger partial charge >= 0.3 is 5.97 Å². The number of rotatable bonds is 3. The molecule has 0 radical (unpaired) electrons. The minimum atomic E-state index is -0.789. The molecule has 1 aromatic heterocycles. The third kappa shape index (κ3) is 2.42. The van der Waals surface area contributed by atoms with Gasteiger partial charge in [-0.15, -0.1) is 5.10 Å². The van der Waals surface area contributed by atoms with Crippen LogP contribution in [0.4, 0.5) is 0 Å². The molecule has 0 saturated heterocycles. The van der Waals surface area contributed by atoms with Gasteiger partial charge in [0.15, 0.2) is 0 Å². The van der Waals surface area contributed by atoms with Crippen molar-refractivity contribution >= 4 is 5.97 Å². The summed E-state index contributed by atoms with van der Waals surface area (Å²) in [7, 11) is 1.80. The van der Waals surface area contributed by atoms with Gasteiger partial charge in [-0.3, -0.25) is 14.4 Å². The van der Waals surface area contributed by atoms with E-state index >= 15 is 0 Å². The minimum Gasteiger partial charge on any atom is -0.480 e. The second kappa shape index (κ2) is 5.05. The van der Waals surface area contributed by atoms with Gasteiger partial charge in [0.25, 0.3) is 0 Å². The Hall–Kier alpha value is -2.21. The van der Waals surface area contributed by atoms with E-state index in [0.717, 1.165) is 11.3 Å². The molecule has 1 unspecified atom stereocenters. The number of aliphatic carboxylic acids is 1. The summed E-state index contributed by atoms with van der Waals surface area (Å²) in [5, 5.41) is 17.4.